The minimum atomic E-state index is -4.91. The summed E-state index contributed by atoms with van der Waals surface area (Å²) in [6, 6.07) is 4.92. The van der Waals surface area contributed by atoms with Crippen molar-refractivity contribution in [2.24, 2.45) is 0 Å². The molecule has 0 N–H and O–H groups in total. The number of nitrogens with zero attached hydrogens (tertiary/aromatic N) is 1. The van der Waals surface area contributed by atoms with Crippen LogP contribution in [0, 0.1) is 0 Å². The number of rotatable bonds is 5. The Balaban J connectivity index is 1.79. The van der Waals surface area contributed by atoms with Crippen LogP contribution in [-0.4, -0.2) is 38.1 Å². The fourth-order valence-electron chi connectivity index (χ4n) is 2.08. The standard InChI is InChI=1S/C12H16BF3NO/c14-13(15,16)11-3-5-12(6-4-11)18-10-9-17-7-1-2-8-17/h3-6H,1-2,7-10H2/q-1. The molecule has 1 aliphatic heterocycles. The smallest absolute Gasteiger partial charge is 0.492 e. The van der Waals surface area contributed by atoms with Crippen molar-refractivity contribution in [3.05, 3.63) is 24.3 Å². The van der Waals surface area contributed by atoms with Crippen molar-refractivity contribution < 1.29 is 17.7 Å². The van der Waals surface area contributed by atoms with Gasteiger partial charge in [0.25, 0.3) is 0 Å². The molecule has 2 rings (SSSR count). The Morgan fingerprint density at radius 1 is 1.06 bits per heavy atom. The highest BCUT2D eigenvalue weighted by Gasteiger charge is 2.24. The van der Waals surface area contributed by atoms with Crippen LogP contribution in [0.3, 0.4) is 0 Å². The number of benzene rings is 1. The van der Waals surface area contributed by atoms with E-state index in [1.54, 1.807) is 0 Å². The first-order chi connectivity index (χ1) is 8.55. The zero-order valence-corrected chi connectivity index (χ0v) is 10.1. The first kappa shape index (κ1) is 13.3. The van der Waals surface area contributed by atoms with Crippen molar-refractivity contribution in [3.63, 3.8) is 0 Å². The van der Waals surface area contributed by atoms with Crippen LogP contribution in [0.5, 0.6) is 5.75 Å². The summed E-state index contributed by atoms with van der Waals surface area (Å²) in [5, 5.41) is 0. The van der Waals surface area contributed by atoms with Gasteiger partial charge in [-0.2, -0.15) is 0 Å². The van der Waals surface area contributed by atoms with Gasteiger partial charge in [-0.3, -0.25) is 4.90 Å². The van der Waals surface area contributed by atoms with Gasteiger partial charge in [0.15, 0.2) is 0 Å². The van der Waals surface area contributed by atoms with Gasteiger partial charge in [-0.25, -0.2) is 0 Å². The Morgan fingerprint density at radius 2 is 1.67 bits per heavy atom. The van der Waals surface area contributed by atoms with Gasteiger partial charge >= 0.3 is 6.98 Å². The molecule has 0 radical (unpaired) electrons. The van der Waals surface area contributed by atoms with Gasteiger partial charge in [-0.1, -0.05) is 12.1 Å². The molecule has 0 spiro atoms. The first-order valence-electron chi connectivity index (χ1n) is 6.21. The summed E-state index contributed by atoms with van der Waals surface area (Å²) in [5.41, 5.74) is -0.582. The average molecular weight is 258 g/mol. The molecule has 0 saturated carbocycles. The summed E-state index contributed by atoms with van der Waals surface area (Å²) in [6.45, 7) is -1.35. The van der Waals surface area contributed by atoms with Crippen LogP contribution >= 0.6 is 0 Å². The van der Waals surface area contributed by atoms with Crippen molar-refractivity contribution in [3.8, 4) is 5.75 Å². The minimum absolute atomic E-state index is 0.498. The summed E-state index contributed by atoms with van der Waals surface area (Å²) in [7, 11) is 0. The highest BCUT2D eigenvalue weighted by molar-refractivity contribution is 6.73. The maximum Gasteiger partial charge on any atom is 0.509 e. The van der Waals surface area contributed by atoms with Gasteiger partial charge < -0.3 is 17.7 Å². The molecule has 1 aromatic rings. The molecule has 0 bridgehead atoms. The second kappa shape index (κ2) is 5.65. The van der Waals surface area contributed by atoms with E-state index in [0.717, 1.165) is 31.8 Å². The molecule has 6 heteroatoms. The van der Waals surface area contributed by atoms with Crippen LogP contribution in [-0.2, 0) is 0 Å². The zero-order valence-electron chi connectivity index (χ0n) is 10.1. The first-order valence-corrected chi connectivity index (χ1v) is 6.21. The summed E-state index contributed by atoms with van der Waals surface area (Å²) in [6.07, 6.45) is 2.45. The van der Waals surface area contributed by atoms with Crippen LogP contribution in [0.25, 0.3) is 0 Å². The summed E-state index contributed by atoms with van der Waals surface area (Å²) in [5.74, 6) is 0.498. The number of hydrogen-bond donors (Lipinski definition) is 0. The van der Waals surface area contributed by atoms with Crippen molar-refractivity contribution in [1.82, 2.24) is 4.90 Å². The molecular formula is C12H16BF3NO-. The Morgan fingerprint density at radius 3 is 2.22 bits per heavy atom. The van der Waals surface area contributed by atoms with E-state index in [4.69, 9.17) is 4.74 Å². The van der Waals surface area contributed by atoms with Crippen LogP contribution in [0.1, 0.15) is 12.8 Å². The van der Waals surface area contributed by atoms with E-state index in [0.29, 0.717) is 12.4 Å². The lowest BCUT2D eigenvalue weighted by atomic mass is 9.80. The number of likely N-dealkylation sites (tertiary alicyclic amines) is 1. The molecule has 1 aromatic carbocycles. The topological polar surface area (TPSA) is 12.5 Å². The number of halogens is 3. The molecule has 2 nitrogen and oxygen atoms in total. The number of ether oxygens (including phenoxy) is 1. The van der Waals surface area contributed by atoms with Gasteiger partial charge in [0.1, 0.15) is 12.4 Å². The SMILES string of the molecule is F[B-](F)(F)c1ccc(OCCN2CCCC2)cc1. The fraction of sp³-hybridized carbons (Fsp3) is 0.500. The van der Waals surface area contributed by atoms with Gasteiger partial charge in [-0.05, 0) is 38.1 Å². The van der Waals surface area contributed by atoms with E-state index in [1.165, 1.54) is 25.0 Å². The highest BCUT2D eigenvalue weighted by Crippen LogP contribution is 2.14. The Hall–Kier alpha value is -1.17. The normalized spacial score (nSPS) is 17.1. The maximum absolute atomic E-state index is 12.4. The molecule has 0 aromatic heterocycles. The molecule has 0 amide bonds. The lowest BCUT2D eigenvalue weighted by molar-refractivity contribution is 0.238. The molecule has 1 fully saturated rings. The van der Waals surface area contributed by atoms with E-state index in [9.17, 15) is 12.9 Å². The molecule has 0 unspecified atom stereocenters. The van der Waals surface area contributed by atoms with E-state index >= 15 is 0 Å². The summed E-state index contributed by atoms with van der Waals surface area (Å²) in [4.78, 5) is 2.30. The second-order valence-corrected chi connectivity index (χ2v) is 4.54. The Labute approximate surface area is 105 Å². The second-order valence-electron chi connectivity index (χ2n) is 4.54. The van der Waals surface area contributed by atoms with Crippen molar-refractivity contribution in [1.29, 1.82) is 0 Å². The van der Waals surface area contributed by atoms with E-state index < -0.39 is 12.4 Å². The quantitative estimate of drug-likeness (QED) is 0.751. The summed E-state index contributed by atoms with van der Waals surface area (Å²) < 4.78 is 42.6. The fourth-order valence-corrected chi connectivity index (χ4v) is 2.08. The minimum Gasteiger partial charge on any atom is -0.492 e. The van der Waals surface area contributed by atoms with Gasteiger partial charge in [0.05, 0.1) is 0 Å². The molecule has 100 valence electrons. The molecular weight excluding hydrogens is 242 g/mol. The molecule has 0 aliphatic carbocycles. The number of hydrogen-bond acceptors (Lipinski definition) is 2. The average Bonchev–Trinajstić information content (AvgIpc) is 2.82. The van der Waals surface area contributed by atoms with Crippen molar-refractivity contribution >= 4 is 12.4 Å². The highest BCUT2D eigenvalue weighted by atomic mass is 19.4. The zero-order chi connectivity index (χ0) is 13.0. The molecule has 1 heterocycles. The van der Waals surface area contributed by atoms with Crippen LogP contribution < -0.4 is 10.2 Å². The third-order valence-corrected chi connectivity index (χ3v) is 3.13. The van der Waals surface area contributed by atoms with Crippen molar-refractivity contribution in [2.75, 3.05) is 26.2 Å². The Bertz CT molecular complexity index is 374. The lowest BCUT2D eigenvalue weighted by Crippen LogP contribution is -2.33. The van der Waals surface area contributed by atoms with Crippen LogP contribution in [0.2, 0.25) is 0 Å². The summed E-state index contributed by atoms with van der Waals surface area (Å²) >= 11 is 0. The predicted molar refractivity (Wildman–Crippen MR) is 66.3 cm³/mol. The third-order valence-electron chi connectivity index (χ3n) is 3.13. The molecule has 1 saturated heterocycles. The third kappa shape index (κ3) is 3.66. The Kier molecular flexibility index (Phi) is 4.17. The lowest BCUT2D eigenvalue weighted by Gasteiger charge is -2.17. The predicted octanol–water partition coefficient (Wildman–Crippen LogP) is 2.22. The molecule has 0 atom stereocenters. The molecule has 1 aliphatic rings. The monoisotopic (exact) mass is 258 g/mol. The van der Waals surface area contributed by atoms with Crippen LogP contribution in [0.15, 0.2) is 24.3 Å². The van der Waals surface area contributed by atoms with E-state index in [2.05, 4.69) is 4.90 Å². The van der Waals surface area contributed by atoms with Crippen molar-refractivity contribution in [2.45, 2.75) is 12.8 Å². The molecule has 18 heavy (non-hydrogen) atoms. The maximum atomic E-state index is 12.4. The van der Waals surface area contributed by atoms with Gasteiger partial charge in [0.2, 0.25) is 0 Å². The van der Waals surface area contributed by atoms with E-state index in [1.807, 2.05) is 0 Å². The van der Waals surface area contributed by atoms with Gasteiger partial charge in [-0.15, -0.1) is 5.46 Å². The van der Waals surface area contributed by atoms with E-state index in [-0.39, 0.29) is 0 Å². The largest absolute Gasteiger partial charge is 0.509 e. The van der Waals surface area contributed by atoms with Crippen LogP contribution in [0.4, 0.5) is 12.9 Å². The van der Waals surface area contributed by atoms with Gasteiger partial charge in [0, 0.05) is 6.54 Å².